The molecule has 1 aromatic carbocycles. The van der Waals surface area contributed by atoms with Crippen molar-refractivity contribution in [1.29, 1.82) is 0 Å². The van der Waals surface area contributed by atoms with Gasteiger partial charge in [-0.05, 0) is 53.8 Å². The molecule has 2 rings (SSSR count). The lowest BCUT2D eigenvalue weighted by atomic mass is 9.95. The van der Waals surface area contributed by atoms with E-state index in [4.69, 9.17) is 16.3 Å². The van der Waals surface area contributed by atoms with Crippen LogP contribution in [0.15, 0.2) is 24.3 Å². The number of hydrogen-bond donors (Lipinski definition) is 0. The molecule has 1 aliphatic rings. The van der Waals surface area contributed by atoms with Crippen molar-refractivity contribution in [3.05, 3.63) is 41.0 Å². The van der Waals surface area contributed by atoms with Crippen LogP contribution in [0.1, 0.15) is 34.8 Å². The van der Waals surface area contributed by atoms with Crippen molar-refractivity contribution in [2.75, 3.05) is 0 Å². The molecular weight excluding hydrogens is 264 g/mol. The van der Waals surface area contributed by atoms with Crippen LogP contribution in [0.4, 0.5) is 0 Å². The highest BCUT2D eigenvalue weighted by Gasteiger charge is 2.29. The predicted molar refractivity (Wildman–Crippen MR) is 73.9 cm³/mol. The molecule has 0 saturated heterocycles. The van der Waals surface area contributed by atoms with E-state index < -0.39 is 11.3 Å². The molecule has 1 atom stereocenters. The van der Waals surface area contributed by atoms with Crippen LogP contribution in [0, 0.1) is 6.92 Å². The molecule has 0 fully saturated rings. The van der Waals surface area contributed by atoms with Crippen molar-refractivity contribution in [3.8, 4) is 5.75 Å². The molecule has 0 N–H and O–H groups in total. The van der Waals surface area contributed by atoms with Gasteiger partial charge < -0.3 is 4.74 Å². The number of hydrogen-bond acceptors (Lipinski definition) is 3. The fourth-order valence-electron chi connectivity index (χ4n) is 2.11. The number of rotatable bonds is 4. The Morgan fingerprint density at radius 1 is 1.47 bits per heavy atom. The van der Waals surface area contributed by atoms with Crippen molar-refractivity contribution in [2.24, 2.45) is 0 Å². The van der Waals surface area contributed by atoms with Crippen LogP contribution in [0.5, 0.6) is 5.75 Å². The Hall–Kier alpha value is -1.61. The molecule has 0 aromatic heterocycles. The minimum Gasteiger partial charge on any atom is -0.481 e. The van der Waals surface area contributed by atoms with Gasteiger partial charge in [-0.3, -0.25) is 9.59 Å². The predicted octanol–water partition coefficient (Wildman–Crippen LogP) is 3.21. The van der Waals surface area contributed by atoms with Gasteiger partial charge in [0.25, 0.3) is 5.24 Å². The van der Waals surface area contributed by atoms with Gasteiger partial charge in [-0.2, -0.15) is 0 Å². The van der Waals surface area contributed by atoms with Crippen molar-refractivity contribution < 1.29 is 14.3 Å². The first kappa shape index (κ1) is 13.8. The molecule has 0 saturated carbocycles. The highest BCUT2D eigenvalue weighted by Crippen LogP contribution is 2.33. The lowest BCUT2D eigenvalue weighted by molar-refractivity contribution is -0.117. The molecule has 3 nitrogen and oxygen atoms in total. The van der Waals surface area contributed by atoms with Gasteiger partial charge in [-0.1, -0.05) is 13.5 Å². The zero-order valence-corrected chi connectivity index (χ0v) is 11.7. The van der Waals surface area contributed by atoms with E-state index in [1.165, 1.54) is 0 Å². The quantitative estimate of drug-likeness (QED) is 0.482. The Morgan fingerprint density at radius 3 is 2.74 bits per heavy atom. The van der Waals surface area contributed by atoms with Gasteiger partial charge in [0.05, 0.1) is 0 Å². The maximum Gasteiger partial charge on any atom is 0.262 e. The summed E-state index contributed by atoms with van der Waals surface area (Å²) in [5.41, 5.74) is 2.86. The Morgan fingerprint density at radius 2 is 2.16 bits per heavy atom. The molecule has 0 aliphatic carbocycles. The number of carbonyl (C=O) groups is 2. The summed E-state index contributed by atoms with van der Waals surface area (Å²) in [6.07, 6.45) is 0.390. The van der Waals surface area contributed by atoms with Gasteiger partial charge in [0.2, 0.25) is 0 Å². The smallest absolute Gasteiger partial charge is 0.262 e. The topological polar surface area (TPSA) is 43.4 Å². The van der Waals surface area contributed by atoms with Crippen LogP contribution in [-0.4, -0.2) is 17.1 Å². The number of benzene rings is 1. The Balaban J connectivity index is 2.37. The van der Waals surface area contributed by atoms with E-state index in [0.29, 0.717) is 29.7 Å². The summed E-state index contributed by atoms with van der Waals surface area (Å²) in [6, 6.07) is 3.57. The number of aryl methyl sites for hydroxylation is 1. The van der Waals surface area contributed by atoms with E-state index in [1.54, 1.807) is 12.1 Å². The first-order chi connectivity index (χ1) is 8.93. The lowest BCUT2D eigenvalue weighted by Crippen LogP contribution is -2.20. The molecule has 1 heterocycles. The van der Waals surface area contributed by atoms with Crippen LogP contribution >= 0.6 is 11.6 Å². The van der Waals surface area contributed by atoms with Crippen molar-refractivity contribution in [1.82, 2.24) is 0 Å². The number of allylic oxidation sites excluding steroid dienone is 1. The van der Waals surface area contributed by atoms with Gasteiger partial charge in [-0.15, -0.1) is 0 Å². The van der Waals surface area contributed by atoms with E-state index in [9.17, 15) is 9.59 Å². The molecule has 100 valence electrons. The van der Waals surface area contributed by atoms with Crippen LogP contribution in [0.25, 0.3) is 0 Å². The summed E-state index contributed by atoms with van der Waals surface area (Å²) in [4.78, 5) is 23.3. The van der Waals surface area contributed by atoms with Crippen LogP contribution in [-0.2, 0) is 11.2 Å². The van der Waals surface area contributed by atoms with E-state index in [1.807, 2.05) is 13.8 Å². The van der Waals surface area contributed by atoms with Crippen molar-refractivity contribution >= 4 is 22.6 Å². The summed E-state index contributed by atoms with van der Waals surface area (Å²) in [6.45, 7) is 7.51. The van der Waals surface area contributed by atoms with E-state index in [0.717, 1.165) is 11.1 Å². The van der Waals surface area contributed by atoms with E-state index >= 15 is 0 Å². The summed E-state index contributed by atoms with van der Waals surface area (Å²) >= 11 is 5.44. The average molecular weight is 279 g/mol. The molecule has 4 heteroatoms. The standard InChI is InChI=1S/C15H15ClO3/c1-4-8(2)14(17)11-6-10-7-13(15(16)18)19-12(10)5-9(11)3/h5-6,13H,2,4,7H2,1,3H3. The van der Waals surface area contributed by atoms with Gasteiger partial charge in [0.1, 0.15) is 5.75 Å². The highest BCUT2D eigenvalue weighted by molar-refractivity contribution is 6.64. The van der Waals surface area contributed by atoms with Gasteiger partial charge in [0.15, 0.2) is 11.9 Å². The van der Waals surface area contributed by atoms with Crippen LogP contribution in [0.2, 0.25) is 0 Å². The SMILES string of the molecule is C=C(CC)C(=O)c1cc2c(cc1C)OC(C(=O)Cl)C2. The van der Waals surface area contributed by atoms with Crippen LogP contribution in [0.3, 0.4) is 0 Å². The molecule has 19 heavy (non-hydrogen) atoms. The number of Topliss-reactive ketones (excluding diaryl/α,β-unsaturated/α-hetero) is 1. The molecule has 0 radical (unpaired) electrons. The minimum absolute atomic E-state index is 0.0524. The summed E-state index contributed by atoms with van der Waals surface area (Å²) < 4.78 is 5.46. The van der Waals surface area contributed by atoms with Gasteiger partial charge in [-0.25, -0.2) is 0 Å². The highest BCUT2D eigenvalue weighted by atomic mass is 35.5. The number of carbonyl (C=O) groups excluding carboxylic acids is 2. The monoisotopic (exact) mass is 278 g/mol. The second kappa shape index (κ2) is 5.17. The molecule has 1 aromatic rings. The Bertz CT molecular complexity index is 575. The molecule has 0 bridgehead atoms. The minimum atomic E-state index is -0.643. The normalized spacial score (nSPS) is 16.7. The fraction of sp³-hybridized carbons (Fsp3) is 0.333. The maximum absolute atomic E-state index is 12.2. The van der Waals surface area contributed by atoms with E-state index in [2.05, 4.69) is 6.58 Å². The van der Waals surface area contributed by atoms with Crippen LogP contribution < -0.4 is 4.74 Å². The molecular formula is C15H15ClO3. The van der Waals surface area contributed by atoms with Gasteiger partial charge >= 0.3 is 0 Å². The number of ether oxygens (including phenoxy) is 1. The largest absolute Gasteiger partial charge is 0.481 e. The molecule has 1 unspecified atom stereocenters. The number of ketones is 1. The van der Waals surface area contributed by atoms with Gasteiger partial charge in [0, 0.05) is 12.0 Å². The molecule has 0 amide bonds. The fourth-order valence-corrected chi connectivity index (χ4v) is 2.23. The van der Waals surface area contributed by atoms with Crippen molar-refractivity contribution in [3.63, 3.8) is 0 Å². The second-order valence-electron chi connectivity index (χ2n) is 4.68. The third-order valence-electron chi connectivity index (χ3n) is 3.33. The zero-order valence-electron chi connectivity index (χ0n) is 11.0. The lowest BCUT2D eigenvalue weighted by Gasteiger charge is -2.09. The second-order valence-corrected chi connectivity index (χ2v) is 5.05. The van der Waals surface area contributed by atoms with E-state index in [-0.39, 0.29) is 5.78 Å². The third kappa shape index (κ3) is 2.56. The number of halogens is 1. The Kier molecular flexibility index (Phi) is 3.76. The summed E-state index contributed by atoms with van der Waals surface area (Å²) in [5, 5.41) is -0.514. The first-order valence-electron chi connectivity index (χ1n) is 6.16. The van der Waals surface area contributed by atoms with Crippen molar-refractivity contribution in [2.45, 2.75) is 32.8 Å². The molecule has 0 spiro atoms. The third-order valence-corrected chi connectivity index (χ3v) is 3.57. The first-order valence-corrected chi connectivity index (χ1v) is 6.53. The maximum atomic E-state index is 12.2. The molecule has 1 aliphatic heterocycles. The average Bonchev–Trinajstić information content (AvgIpc) is 2.78. The summed E-state index contributed by atoms with van der Waals surface area (Å²) in [7, 11) is 0. The Labute approximate surface area is 117 Å². The number of fused-ring (bicyclic) bond motifs is 1. The zero-order chi connectivity index (χ0) is 14.2. The summed E-state index contributed by atoms with van der Waals surface area (Å²) in [5.74, 6) is 0.582.